The van der Waals surface area contributed by atoms with Gasteiger partial charge in [-0.1, -0.05) is 6.07 Å². The fourth-order valence-corrected chi connectivity index (χ4v) is 4.79. The van der Waals surface area contributed by atoms with Crippen LogP contribution in [0.25, 0.3) is 22.1 Å². The summed E-state index contributed by atoms with van der Waals surface area (Å²) in [6.45, 7) is 0.893. The lowest BCUT2D eigenvalue weighted by Crippen LogP contribution is -2.25. The highest BCUT2D eigenvalue weighted by molar-refractivity contribution is 6.05. The summed E-state index contributed by atoms with van der Waals surface area (Å²) in [4.78, 5) is 44.5. The number of carboxylic acids is 1. The first-order valence-corrected chi connectivity index (χ1v) is 11.8. The number of amides is 1. The van der Waals surface area contributed by atoms with Crippen molar-refractivity contribution in [1.82, 2.24) is 29.6 Å². The Morgan fingerprint density at radius 1 is 1.17 bits per heavy atom. The lowest BCUT2D eigenvalue weighted by Gasteiger charge is -2.26. The van der Waals surface area contributed by atoms with Gasteiger partial charge in [-0.3, -0.25) is 18.8 Å². The maximum Gasteiger partial charge on any atom is 0.419 e. The molecule has 1 aliphatic carbocycles. The molecule has 0 radical (unpaired) electrons. The van der Waals surface area contributed by atoms with Crippen molar-refractivity contribution in [3.8, 4) is 0 Å². The van der Waals surface area contributed by atoms with Crippen molar-refractivity contribution in [2.45, 2.75) is 32.2 Å². The van der Waals surface area contributed by atoms with Gasteiger partial charge in [0.2, 0.25) is 0 Å². The van der Waals surface area contributed by atoms with Crippen LogP contribution in [0.1, 0.15) is 41.7 Å². The first-order chi connectivity index (χ1) is 17.3. The molecule has 0 atom stereocenters. The molecule has 1 aliphatic rings. The van der Waals surface area contributed by atoms with Gasteiger partial charge < -0.3 is 20.2 Å². The van der Waals surface area contributed by atoms with E-state index in [0.29, 0.717) is 53.3 Å². The summed E-state index contributed by atoms with van der Waals surface area (Å²) in [6.07, 6.45) is 4.39. The normalized spacial score (nSPS) is 17.9. The van der Waals surface area contributed by atoms with Crippen LogP contribution in [0.15, 0.2) is 33.7 Å². The molecule has 12 heteroatoms. The standard InChI is InChI=1S/C24H27N7O5/c1-30-16-9-14(5-8-17(16)36-24(30)35)11-26-22(32)19-20-18(27-12-28-19)21(29-31(20)2)25-10-13-3-6-15(7-4-13)23(33)34/h5,8-9,12-13,15H,3-4,6-7,10-11H2,1-2H3,(H,25,29)(H,26,32)(H,33,34). The maximum atomic E-state index is 13.0. The molecule has 0 unspecified atom stereocenters. The van der Waals surface area contributed by atoms with Crippen molar-refractivity contribution in [1.29, 1.82) is 0 Å². The molecule has 1 aromatic carbocycles. The van der Waals surface area contributed by atoms with Gasteiger partial charge in [0.05, 0.1) is 11.4 Å². The topological polar surface area (TPSA) is 157 Å². The molecule has 0 aliphatic heterocycles. The number of oxazole rings is 1. The summed E-state index contributed by atoms with van der Waals surface area (Å²) < 4.78 is 8.15. The second kappa shape index (κ2) is 9.44. The number of aliphatic carboxylic acids is 1. The highest BCUT2D eigenvalue weighted by Crippen LogP contribution is 2.30. The Labute approximate surface area is 205 Å². The average molecular weight is 494 g/mol. The Hall–Kier alpha value is -4.22. The van der Waals surface area contributed by atoms with E-state index in [1.165, 1.54) is 10.9 Å². The van der Waals surface area contributed by atoms with Crippen LogP contribution < -0.4 is 16.4 Å². The third-order valence-corrected chi connectivity index (χ3v) is 6.90. The van der Waals surface area contributed by atoms with E-state index in [9.17, 15) is 19.5 Å². The number of aryl methyl sites for hydroxylation is 2. The van der Waals surface area contributed by atoms with Gasteiger partial charge >= 0.3 is 11.7 Å². The number of benzene rings is 1. The van der Waals surface area contributed by atoms with Gasteiger partial charge in [0.15, 0.2) is 17.1 Å². The number of anilines is 1. The highest BCUT2D eigenvalue weighted by atomic mass is 16.4. The minimum Gasteiger partial charge on any atom is -0.481 e. The molecule has 0 spiro atoms. The molecule has 0 bridgehead atoms. The van der Waals surface area contributed by atoms with Crippen molar-refractivity contribution in [3.63, 3.8) is 0 Å². The van der Waals surface area contributed by atoms with Crippen molar-refractivity contribution < 1.29 is 19.1 Å². The molecule has 1 fully saturated rings. The summed E-state index contributed by atoms with van der Waals surface area (Å²) in [5.41, 5.74) is 3.21. The second-order valence-corrected chi connectivity index (χ2v) is 9.24. The van der Waals surface area contributed by atoms with Gasteiger partial charge in [0.25, 0.3) is 5.91 Å². The quantitative estimate of drug-likeness (QED) is 0.350. The summed E-state index contributed by atoms with van der Waals surface area (Å²) >= 11 is 0. The summed E-state index contributed by atoms with van der Waals surface area (Å²) in [6, 6.07) is 5.29. The van der Waals surface area contributed by atoms with E-state index < -0.39 is 11.7 Å². The van der Waals surface area contributed by atoms with Gasteiger partial charge in [0.1, 0.15) is 17.4 Å². The number of hydrogen-bond acceptors (Lipinski definition) is 8. The van der Waals surface area contributed by atoms with Crippen LogP contribution in [0.5, 0.6) is 0 Å². The molecule has 5 rings (SSSR count). The number of aromatic nitrogens is 5. The molecular formula is C24H27N7O5. The average Bonchev–Trinajstić information content (AvgIpc) is 3.36. The van der Waals surface area contributed by atoms with Crippen LogP contribution in [0.3, 0.4) is 0 Å². The van der Waals surface area contributed by atoms with Crippen molar-refractivity contribution in [3.05, 3.63) is 46.3 Å². The zero-order valence-electron chi connectivity index (χ0n) is 20.0. The van der Waals surface area contributed by atoms with Gasteiger partial charge in [-0.15, -0.1) is 0 Å². The maximum absolute atomic E-state index is 13.0. The zero-order chi connectivity index (χ0) is 25.4. The molecular weight excluding hydrogens is 466 g/mol. The predicted octanol–water partition coefficient (Wildman–Crippen LogP) is 2.04. The molecule has 0 saturated heterocycles. The monoisotopic (exact) mass is 493 g/mol. The summed E-state index contributed by atoms with van der Waals surface area (Å²) in [7, 11) is 3.36. The molecule has 3 heterocycles. The molecule has 1 amide bonds. The van der Waals surface area contributed by atoms with E-state index in [4.69, 9.17) is 4.42 Å². The Bertz CT molecular complexity index is 1510. The highest BCUT2D eigenvalue weighted by Gasteiger charge is 2.26. The Morgan fingerprint density at radius 3 is 2.69 bits per heavy atom. The number of fused-ring (bicyclic) bond motifs is 2. The van der Waals surface area contributed by atoms with Crippen LogP contribution in [-0.4, -0.2) is 47.8 Å². The molecule has 3 N–H and O–H groups in total. The Balaban J connectivity index is 1.28. The number of nitrogens with one attached hydrogen (secondary N) is 2. The van der Waals surface area contributed by atoms with Crippen LogP contribution in [0.4, 0.5) is 5.82 Å². The Kier molecular flexibility index (Phi) is 6.17. The molecule has 36 heavy (non-hydrogen) atoms. The Morgan fingerprint density at radius 2 is 1.94 bits per heavy atom. The largest absolute Gasteiger partial charge is 0.481 e. The molecule has 4 aromatic rings. The summed E-state index contributed by atoms with van der Waals surface area (Å²) in [5, 5.41) is 19.9. The third kappa shape index (κ3) is 4.41. The lowest BCUT2D eigenvalue weighted by molar-refractivity contribution is -0.143. The van der Waals surface area contributed by atoms with Crippen LogP contribution in [-0.2, 0) is 25.4 Å². The zero-order valence-corrected chi connectivity index (χ0v) is 20.0. The predicted molar refractivity (Wildman–Crippen MR) is 131 cm³/mol. The SMILES string of the molecule is Cn1nc(NCC2CCC(C(=O)O)CC2)c2ncnc(C(=O)NCc3ccc4oc(=O)n(C)c4c3)c21. The number of carbonyl (C=O) groups excluding carboxylic acids is 1. The van der Waals surface area contributed by atoms with E-state index in [0.717, 1.165) is 18.4 Å². The lowest BCUT2D eigenvalue weighted by atomic mass is 9.82. The first-order valence-electron chi connectivity index (χ1n) is 11.8. The number of hydrogen-bond donors (Lipinski definition) is 3. The molecule has 3 aromatic heterocycles. The van der Waals surface area contributed by atoms with Crippen molar-refractivity contribution in [2.24, 2.45) is 25.9 Å². The second-order valence-electron chi connectivity index (χ2n) is 9.24. The fourth-order valence-electron chi connectivity index (χ4n) is 4.79. The smallest absolute Gasteiger partial charge is 0.419 e. The van der Waals surface area contributed by atoms with E-state index >= 15 is 0 Å². The number of nitrogens with zero attached hydrogens (tertiary/aromatic N) is 5. The van der Waals surface area contributed by atoms with E-state index in [1.807, 2.05) is 0 Å². The number of carbonyl (C=O) groups is 2. The van der Waals surface area contributed by atoms with Crippen molar-refractivity contribution in [2.75, 3.05) is 11.9 Å². The van der Waals surface area contributed by atoms with Crippen LogP contribution >= 0.6 is 0 Å². The summed E-state index contributed by atoms with van der Waals surface area (Å²) in [5.74, 6) is -0.857. The molecule has 12 nitrogen and oxygen atoms in total. The van der Waals surface area contributed by atoms with Gasteiger partial charge in [0, 0.05) is 27.2 Å². The fraction of sp³-hybridized carbons (Fsp3) is 0.417. The minimum atomic E-state index is -0.715. The number of rotatable bonds is 7. The minimum absolute atomic E-state index is 0.210. The van der Waals surface area contributed by atoms with E-state index in [2.05, 4.69) is 25.7 Å². The molecule has 1 saturated carbocycles. The first kappa shape index (κ1) is 23.5. The molecule has 188 valence electrons. The van der Waals surface area contributed by atoms with E-state index in [-0.39, 0.29) is 24.1 Å². The van der Waals surface area contributed by atoms with Gasteiger partial charge in [-0.2, -0.15) is 5.10 Å². The van der Waals surface area contributed by atoms with Gasteiger partial charge in [-0.05, 0) is 49.3 Å². The third-order valence-electron chi connectivity index (χ3n) is 6.90. The number of carboxylic acid groups (broad SMARTS) is 1. The van der Waals surface area contributed by atoms with Crippen LogP contribution in [0.2, 0.25) is 0 Å². The van der Waals surface area contributed by atoms with Gasteiger partial charge in [-0.25, -0.2) is 14.8 Å². The van der Waals surface area contributed by atoms with Crippen LogP contribution in [0, 0.1) is 11.8 Å². The van der Waals surface area contributed by atoms with E-state index in [1.54, 1.807) is 37.0 Å². The van der Waals surface area contributed by atoms with Crippen molar-refractivity contribution >= 4 is 39.8 Å².